The van der Waals surface area contributed by atoms with E-state index in [1.807, 2.05) is 66.7 Å². The molecule has 1 aliphatic rings. The van der Waals surface area contributed by atoms with E-state index in [1.165, 1.54) is 0 Å². The summed E-state index contributed by atoms with van der Waals surface area (Å²) in [6.45, 7) is 0.740. The number of carbonyl (C=O) groups is 1. The normalized spacial score (nSPS) is 13.0. The first kappa shape index (κ1) is 18.8. The maximum atomic E-state index is 13.1. The zero-order valence-electron chi connectivity index (χ0n) is 16.1. The van der Waals surface area contributed by atoms with Gasteiger partial charge in [0.2, 0.25) is 12.7 Å². The summed E-state index contributed by atoms with van der Waals surface area (Å²) in [5, 5.41) is 6.32. The number of hydrogen-bond acceptors (Lipinski definition) is 5. The van der Waals surface area contributed by atoms with E-state index in [1.54, 1.807) is 13.2 Å². The molecule has 1 heterocycles. The Morgan fingerprint density at radius 3 is 2.66 bits per heavy atom. The fraction of sp³-hybridized carbons (Fsp3) is 0.174. The molecule has 0 bridgehead atoms. The van der Waals surface area contributed by atoms with Crippen LogP contribution in [0.15, 0.2) is 72.8 Å². The number of carbonyl (C=O) groups excluding carboxylic acids is 1. The molecule has 0 fully saturated rings. The van der Waals surface area contributed by atoms with Gasteiger partial charge in [-0.1, -0.05) is 42.5 Å². The van der Waals surface area contributed by atoms with Crippen LogP contribution >= 0.6 is 0 Å². The third-order valence-electron chi connectivity index (χ3n) is 4.68. The van der Waals surface area contributed by atoms with Gasteiger partial charge in [0.15, 0.2) is 11.5 Å². The van der Waals surface area contributed by atoms with Crippen molar-refractivity contribution in [2.45, 2.75) is 12.6 Å². The van der Waals surface area contributed by atoms with Crippen LogP contribution in [0.25, 0.3) is 0 Å². The van der Waals surface area contributed by atoms with Gasteiger partial charge < -0.3 is 19.5 Å². The zero-order chi connectivity index (χ0) is 20.1. The topological polar surface area (TPSA) is 68.8 Å². The van der Waals surface area contributed by atoms with Gasteiger partial charge in [-0.3, -0.25) is 10.1 Å². The molecule has 29 heavy (non-hydrogen) atoms. The molecule has 0 aliphatic carbocycles. The van der Waals surface area contributed by atoms with Crippen LogP contribution in [0, 0.1) is 0 Å². The second kappa shape index (κ2) is 8.67. The van der Waals surface area contributed by atoms with Gasteiger partial charge in [-0.2, -0.15) is 0 Å². The summed E-state index contributed by atoms with van der Waals surface area (Å²) in [7, 11) is 1.60. The number of hydrogen-bond donors (Lipinski definition) is 2. The first-order valence-electron chi connectivity index (χ1n) is 9.35. The lowest BCUT2D eigenvalue weighted by molar-refractivity contribution is -0.118. The molecule has 1 aliphatic heterocycles. The van der Waals surface area contributed by atoms with Crippen LogP contribution in [0.1, 0.15) is 17.2 Å². The van der Waals surface area contributed by atoms with Crippen molar-refractivity contribution in [2.24, 2.45) is 0 Å². The first-order valence-corrected chi connectivity index (χ1v) is 9.35. The van der Waals surface area contributed by atoms with Gasteiger partial charge in [-0.25, -0.2) is 0 Å². The molecule has 0 radical (unpaired) electrons. The van der Waals surface area contributed by atoms with Gasteiger partial charge in [-0.15, -0.1) is 0 Å². The minimum atomic E-state index is -0.521. The molecule has 3 aromatic rings. The molecule has 148 valence electrons. The Hall–Kier alpha value is -3.51. The second-order valence-electron chi connectivity index (χ2n) is 6.63. The van der Waals surface area contributed by atoms with Crippen LogP contribution in [0.4, 0.5) is 5.69 Å². The van der Waals surface area contributed by atoms with Crippen molar-refractivity contribution in [1.82, 2.24) is 5.32 Å². The molecule has 2 N–H and O–H groups in total. The Kier molecular flexibility index (Phi) is 5.63. The van der Waals surface area contributed by atoms with E-state index < -0.39 is 6.04 Å². The fourth-order valence-electron chi connectivity index (χ4n) is 3.19. The van der Waals surface area contributed by atoms with Crippen LogP contribution < -0.4 is 24.8 Å². The van der Waals surface area contributed by atoms with Crippen LogP contribution in [-0.4, -0.2) is 19.8 Å². The number of rotatable bonds is 7. The largest absolute Gasteiger partial charge is 0.497 e. The van der Waals surface area contributed by atoms with E-state index in [2.05, 4.69) is 10.6 Å². The molecular formula is C23H22N2O4. The molecule has 1 amide bonds. The predicted octanol–water partition coefficient (Wildman–Crippen LogP) is 3.89. The smallest absolute Gasteiger partial charge is 0.246 e. The molecule has 0 unspecified atom stereocenters. The minimum Gasteiger partial charge on any atom is -0.497 e. The highest BCUT2D eigenvalue weighted by Crippen LogP contribution is 2.32. The van der Waals surface area contributed by atoms with E-state index in [4.69, 9.17) is 14.2 Å². The van der Waals surface area contributed by atoms with E-state index >= 15 is 0 Å². The Morgan fingerprint density at radius 2 is 1.83 bits per heavy atom. The molecule has 1 atom stereocenters. The lowest BCUT2D eigenvalue weighted by Gasteiger charge is -2.19. The van der Waals surface area contributed by atoms with Gasteiger partial charge in [0, 0.05) is 18.3 Å². The van der Waals surface area contributed by atoms with Gasteiger partial charge >= 0.3 is 0 Å². The number of anilines is 1. The summed E-state index contributed by atoms with van der Waals surface area (Å²) in [5.74, 6) is 2.00. The number of amides is 1. The lowest BCUT2D eigenvalue weighted by Crippen LogP contribution is -2.32. The highest BCUT2D eigenvalue weighted by molar-refractivity contribution is 5.95. The van der Waals surface area contributed by atoms with Crippen molar-refractivity contribution < 1.29 is 19.0 Å². The molecule has 0 spiro atoms. The molecule has 4 rings (SSSR count). The number of benzene rings is 3. The summed E-state index contributed by atoms with van der Waals surface area (Å²) < 4.78 is 16.0. The molecular weight excluding hydrogens is 368 g/mol. The second-order valence-corrected chi connectivity index (χ2v) is 6.63. The molecule has 0 aromatic heterocycles. The quantitative estimate of drug-likeness (QED) is 0.641. The number of nitrogens with one attached hydrogen (secondary N) is 2. The number of methoxy groups -OCH3 is 1. The van der Waals surface area contributed by atoms with Crippen molar-refractivity contribution in [3.63, 3.8) is 0 Å². The fourth-order valence-corrected chi connectivity index (χ4v) is 3.19. The van der Waals surface area contributed by atoms with Crippen LogP contribution in [0.5, 0.6) is 17.2 Å². The highest BCUT2D eigenvalue weighted by atomic mass is 16.7. The summed E-state index contributed by atoms with van der Waals surface area (Å²) >= 11 is 0. The Morgan fingerprint density at radius 1 is 1.00 bits per heavy atom. The van der Waals surface area contributed by atoms with Crippen molar-refractivity contribution in [1.29, 1.82) is 0 Å². The minimum absolute atomic E-state index is 0.148. The Bertz CT molecular complexity index is 991. The monoisotopic (exact) mass is 390 g/mol. The standard InChI is InChI=1S/C23H22N2O4/c1-27-19-9-5-8-18(13-19)25-23(26)22(17-6-3-2-4-7-17)24-14-16-10-11-20-21(12-16)29-15-28-20/h2-13,22,24H,14-15H2,1H3,(H,25,26)/t22-/m0/s1. The summed E-state index contributed by atoms with van der Waals surface area (Å²) in [5.41, 5.74) is 2.57. The van der Waals surface area contributed by atoms with Crippen LogP contribution in [0.3, 0.4) is 0 Å². The van der Waals surface area contributed by atoms with Crippen LogP contribution in [-0.2, 0) is 11.3 Å². The van der Waals surface area contributed by atoms with E-state index in [-0.39, 0.29) is 12.7 Å². The predicted molar refractivity (Wildman–Crippen MR) is 110 cm³/mol. The maximum absolute atomic E-state index is 13.1. The molecule has 6 nitrogen and oxygen atoms in total. The zero-order valence-corrected chi connectivity index (χ0v) is 16.1. The van der Waals surface area contributed by atoms with Crippen molar-refractivity contribution in [2.75, 3.05) is 19.2 Å². The third kappa shape index (κ3) is 4.50. The average molecular weight is 390 g/mol. The lowest BCUT2D eigenvalue weighted by atomic mass is 10.1. The van der Waals surface area contributed by atoms with Gasteiger partial charge in [0.05, 0.1) is 7.11 Å². The van der Waals surface area contributed by atoms with Crippen molar-refractivity contribution in [3.8, 4) is 17.2 Å². The van der Waals surface area contributed by atoms with E-state index in [0.717, 1.165) is 22.6 Å². The molecule has 0 saturated heterocycles. The van der Waals surface area contributed by atoms with E-state index in [9.17, 15) is 4.79 Å². The summed E-state index contributed by atoms with van der Waals surface area (Å²) in [4.78, 5) is 13.1. The summed E-state index contributed by atoms with van der Waals surface area (Å²) in [6, 6.07) is 22.2. The number of ether oxygens (including phenoxy) is 3. The first-order chi connectivity index (χ1) is 14.2. The van der Waals surface area contributed by atoms with Crippen molar-refractivity contribution >= 4 is 11.6 Å². The van der Waals surface area contributed by atoms with Crippen LogP contribution in [0.2, 0.25) is 0 Å². The molecule has 6 heteroatoms. The maximum Gasteiger partial charge on any atom is 0.246 e. The average Bonchev–Trinajstić information content (AvgIpc) is 3.23. The highest BCUT2D eigenvalue weighted by Gasteiger charge is 2.21. The van der Waals surface area contributed by atoms with Gasteiger partial charge in [0.1, 0.15) is 11.8 Å². The SMILES string of the molecule is COc1cccc(NC(=O)[C@@H](NCc2ccc3c(c2)OCO3)c2ccccc2)c1. The van der Waals surface area contributed by atoms with E-state index in [0.29, 0.717) is 18.0 Å². The van der Waals surface area contributed by atoms with Crippen molar-refractivity contribution in [3.05, 3.63) is 83.9 Å². The number of fused-ring (bicyclic) bond motifs is 1. The Balaban J connectivity index is 1.51. The molecule has 3 aromatic carbocycles. The van der Waals surface area contributed by atoms with Gasteiger partial charge in [-0.05, 0) is 35.4 Å². The van der Waals surface area contributed by atoms with Gasteiger partial charge in [0.25, 0.3) is 0 Å². The Labute approximate surface area is 169 Å². The summed E-state index contributed by atoms with van der Waals surface area (Å²) in [6.07, 6.45) is 0. The third-order valence-corrected chi connectivity index (χ3v) is 4.68. The molecule has 0 saturated carbocycles.